The summed E-state index contributed by atoms with van der Waals surface area (Å²) in [6.07, 6.45) is 0. The molecule has 0 unspecified atom stereocenters. The van der Waals surface area contributed by atoms with Crippen LogP contribution in [0.5, 0.6) is 0 Å². The Labute approximate surface area is 334 Å². The van der Waals surface area contributed by atoms with Gasteiger partial charge in [-0.25, -0.2) is 0 Å². The van der Waals surface area contributed by atoms with Gasteiger partial charge in [0.2, 0.25) is 0 Å². The van der Waals surface area contributed by atoms with Crippen LogP contribution in [0.3, 0.4) is 0 Å². The van der Waals surface area contributed by atoms with E-state index in [1.807, 2.05) is 11.3 Å². The second-order valence-electron chi connectivity index (χ2n) is 15.5. The predicted octanol–water partition coefficient (Wildman–Crippen LogP) is 15.3. The van der Waals surface area contributed by atoms with Crippen molar-refractivity contribution < 1.29 is 0 Å². The third kappa shape index (κ3) is 4.07. The number of anilines is 3. The van der Waals surface area contributed by atoms with E-state index in [1.54, 1.807) is 0 Å². The van der Waals surface area contributed by atoms with Gasteiger partial charge in [-0.05, 0) is 108 Å². The molecule has 0 amide bonds. The minimum absolute atomic E-state index is 0.433. The molecule has 0 radical (unpaired) electrons. The number of thiophene rings is 1. The summed E-state index contributed by atoms with van der Waals surface area (Å²) >= 11 is 1.88. The molecule has 1 spiro atoms. The van der Waals surface area contributed by atoms with Gasteiger partial charge in [-0.2, -0.15) is 0 Å². The molecular formula is C55H33NS. The van der Waals surface area contributed by atoms with Crippen molar-refractivity contribution in [3.63, 3.8) is 0 Å². The fraction of sp³-hybridized carbons (Fsp3) is 0.0182. The molecule has 1 heterocycles. The molecule has 0 aliphatic heterocycles. The SMILES string of the molecule is c1ccc2c(c1)-c1ccccc1C21c2ccccc2-c2ccc(N(c3ccc4c(c3)sc3ccccc34)c3cccc4c5ccccc5c5ccccc5c34)cc21. The molecular weight excluding hydrogens is 707 g/mol. The summed E-state index contributed by atoms with van der Waals surface area (Å²) < 4.78 is 2.60. The molecule has 0 atom stereocenters. The van der Waals surface area contributed by atoms with Crippen molar-refractivity contribution in [2.75, 3.05) is 4.90 Å². The summed E-state index contributed by atoms with van der Waals surface area (Å²) in [5.74, 6) is 0. The maximum Gasteiger partial charge on any atom is 0.0726 e. The second kappa shape index (κ2) is 11.5. The molecule has 2 aliphatic rings. The van der Waals surface area contributed by atoms with Gasteiger partial charge in [0, 0.05) is 36.9 Å². The highest BCUT2D eigenvalue weighted by molar-refractivity contribution is 7.25. The molecule has 10 aromatic carbocycles. The standard InChI is InChI=1S/C55H33NS/c1-2-15-38-36(14-1)37-16-3-4-21-45(37)54-46(38)22-13-26-51(54)56(35-29-31-44-43-20-8-12-27-52(43)57-53(44)33-35)34-28-30-42-41-19-7-11-25-49(41)55(50(42)32-34)47-23-9-5-17-39(47)40-18-6-10-24-48(40)55/h1-33H. The van der Waals surface area contributed by atoms with Crippen LogP contribution in [0.2, 0.25) is 0 Å². The van der Waals surface area contributed by atoms with Crippen molar-refractivity contribution in [3.8, 4) is 22.3 Å². The van der Waals surface area contributed by atoms with E-state index >= 15 is 0 Å². The molecule has 0 bridgehead atoms. The van der Waals surface area contributed by atoms with Crippen molar-refractivity contribution in [1.29, 1.82) is 0 Å². The Hall–Kier alpha value is -7.00. The van der Waals surface area contributed by atoms with Crippen molar-refractivity contribution in [2.45, 2.75) is 5.41 Å². The van der Waals surface area contributed by atoms with Crippen LogP contribution < -0.4 is 4.90 Å². The quantitative estimate of drug-likeness (QED) is 0.163. The fourth-order valence-electron chi connectivity index (χ4n) is 10.6. The number of benzene rings is 10. The zero-order valence-electron chi connectivity index (χ0n) is 30.9. The summed E-state index contributed by atoms with van der Waals surface area (Å²) in [7, 11) is 0. The number of fused-ring (bicyclic) bond motifs is 19. The number of rotatable bonds is 3. The molecule has 0 saturated carbocycles. The summed E-state index contributed by atoms with van der Waals surface area (Å²) in [6.45, 7) is 0. The smallest absolute Gasteiger partial charge is 0.0726 e. The lowest BCUT2D eigenvalue weighted by Gasteiger charge is -2.32. The summed E-state index contributed by atoms with van der Waals surface area (Å²) in [4.78, 5) is 2.54. The normalized spacial score (nSPS) is 13.4. The lowest BCUT2D eigenvalue weighted by molar-refractivity contribution is 0.793. The maximum absolute atomic E-state index is 2.54. The van der Waals surface area contributed by atoms with Crippen molar-refractivity contribution in [1.82, 2.24) is 0 Å². The van der Waals surface area contributed by atoms with Crippen LogP contribution in [0.15, 0.2) is 200 Å². The van der Waals surface area contributed by atoms with Gasteiger partial charge in [-0.3, -0.25) is 0 Å². The van der Waals surface area contributed by atoms with E-state index in [0.29, 0.717) is 0 Å². The summed E-state index contributed by atoms with van der Waals surface area (Å²) in [5, 5.41) is 10.2. The van der Waals surface area contributed by atoms with Crippen LogP contribution in [0, 0.1) is 0 Å². The fourth-order valence-corrected chi connectivity index (χ4v) is 11.8. The Kier molecular flexibility index (Phi) is 6.31. The number of hydrogen-bond acceptors (Lipinski definition) is 2. The third-order valence-corrected chi connectivity index (χ3v) is 14.0. The van der Waals surface area contributed by atoms with Crippen molar-refractivity contribution in [3.05, 3.63) is 222 Å². The van der Waals surface area contributed by atoms with Gasteiger partial charge in [-0.1, -0.05) is 164 Å². The Morgan fingerprint density at radius 2 is 0.772 bits per heavy atom. The van der Waals surface area contributed by atoms with Crippen LogP contribution in [0.4, 0.5) is 17.1 Å². The van der Waals surface area contributed by atoms with Gasteiger partial charge < -0.3 is 4.90 Å². The van der Waals surface area contributed by atoms with Gasteiger partial charge in [0.15, 0.2) is 0 Å². The Morgan fingerprint density at radius 3 is 1.42 bits per heavy atom. The van der Waals surface area contributed by atoms with E-state index in [4.69, 9.17) is 0 Å². The van der Waals surface area contributed by atoms with E-state index in [0.717, 1.165) is 11.4 Å². The molecule has 264 valence electrons. The molecule has 2 heteroatoms. The van der Waals surface area contributed by atoms with E-state index in [-0.39, 0.29) is 0 Å². The van der Waals surface area contributed by atoms with E-state index in [9.17, 15) is 0 Å². The highest BCUT2D eigenvalue weighted by Gasteiger charge is 2.51. The average Bonchev–Trinajstić information content (AvgIpc) is 3.90. The van der Waals surface area contributed by atoms with Crippen LogP contribution in [0.1, 0.15) is 22.3 Å². The van der Waals surface area contributed by atoms with Crippen molar-refractivity contribution in [2.24, 2.45) is 0 Å². The average molecular weight is 740 g/mol. The molecule has 57 heavy (non-hydrogen) atoms. The van der Waals surface area contributed by atoms with Gasteiger partial charge in [0.1, 0.15) is 0 Å². The first kappa shape index (κ1) is 31.2. The molecule has 13 rings (SSSR count). The third-order valence-electron chi connectivity index (χ3n) is 12.8. The molecule has 1 aromatic heterocycles. The number of nitrogens with zero attached hydrogens (tertiary/aromatic N) is 1. The highest BCUT2D eigenvalue weighted by Crippen LogP contribution is 2.63. The first-order valence-electron chi connectivity index (χ1n) is 19.8. The topological polar surface area (TPSA) is 3.24 Å². The minimum Gasteiger partial charge on any atom is -0.310 e. The zero-order valence-corrected chi connectivity index (χ0v) is 31.7. The van der Waals surface area contributed by atoms with Gasteiger partial charge in [0.25, 0.3) is 0 Å². The Morgan fingerprint density at radius 1 is 0.316 bits per heavy atom. The number of hydrogen-bond donors (Lipinski definition) is 0. The van der Waals surface area contributed by atoms with E-state index < -0.39 is 5.41 Å². The second-order valence-corrected chi connectivity index (χ2v) is 16.6. The van der Waals surface area contributed by atoms with Gasteiger partial charge in [-0.15, -0.1) is 11.3 Å². The highest BCUT2D eigenvalue weighted by atomic mass is 32.1. The minimum atomic E-state index is -0.433. The van der Waals surface area contributed by atoms with Crippen LogP contribution in [-0.2, 0) is 5.41 Å². The maximum atomic E-state index is 2.54. The lowest BCUT2D eigenvalue weighted by atomic mass is 9.70. The summed E-state index contributed by atoms with van der Waals surface area (Å²) in [5.41, 5.74) is 13.7. The van der Waals surface area contributed by atoms with Gasteiger partial charge >= 0.3 is 0 Å². The molecule has 11 aromatic rings. The van der Waals surface area contributed by atoms with Crippen LogP contribution >= 0.6 is 11.3 Å². The van der Waals surface area contributed by atoms with E-state index in [1.165, 1.54) is 103 Å². The first-order valence-corrected chi connectivity index (χ1v) is 20.6. The zero-order chi connectivity index (χ0) is 37.2. The molecule has 2 aliphatic carbocycles. The Bertz CT molecular complexity index is 3390. The molecule has 0 N–H and O–H groups in total. The predicted molar refractivity (Wildman–Crippen MR) is 243 cm³/mol. The van der Waals surface area contributed by atoms with Crippen LogP contribution in [-0.4, -0.2) is 0 Å². The van der Waals surface area contributed by atoms with Crippen LogP contribution in [0.25, 0.3) is 74.7 Å². The molecule has 0 fully saturated rings. The van der Waals surface area contributed by atoms with Gasteiger partial charge in [0.05, 0.1) is 11.1 Å². The largest absolute Gasteiger partial charge is 0.310 e. The molecule has 0 saturated heterocycles. The van der Waals surface area contributed by atoms with E-state index in [2.05, 4.69) is 205 Å². The monoisotopic (exact) mass is 739 g/mol. The first-order chi connectivity index (χ1) is 28.3. The van der Waals surface area contributed by atoms with Crippen molar-refractivity contribution >= 4 is 80.9 Å². The summed E-state index contributed by atoms with van der Waals surface area (Å²) in [6, 6.07) is 75.1. The lowest BCUT2D eigenvalue weighted by Crippen LogP contribution is -2.26. The Balaban J connectivity index is 1.15. The molecule has 1 nitrogen and oxygen atoms in total.